The quantitative estimate of drug-likeness (QED) is 0.563. The van der Waals surface area contributed by atoms with Crippen LogP contribution in [0.3, 0.4) is 0 Å². The summed E-state index contributed by atoms with van der Waals surface area (Å²) in [4.78, 5) is 10.5. The number of rotatable bonds is 1. The van der Waals surface area contributed by atoms with Crippen LogP contribution in [-0.4, -0.2) is 17.6 Å². The molecule has 1 heterocycles. The van der Waals surface area contributed by atoms with Gasteiger partial charge in [-0.2, -0.15) is 0 Å². The first-order valence-electron chi connectivity index (χ1n) is 5.02. The molecule has 2 fully saturated rings. The van der Waals surface area contributed by atoms with Crippen molar-refractivity contribution in [3.8, 4) is 0 Å². The standard InChI is InChI=1S/C9H16N2O/c12-10-11-7-3-5-8-4-1-2-6-9(8)11/h8-9H,1-7H2/t8-,9-/m0/s1. The fourth-order valence-electron chi connectivity index (χ4n) is 2.70. The highest BCUT2D eigenvalue weighted by Gasteiger charge is 2.33. The monoisotopic (exact) mass is 168 g/mol. The Kier molecular flexibility index (Phi) is 2.28. The van der Waals surface area contributed by atoms with Gasteiger partial charge in [-0.3, -0.25) is 5.01 Å². The van der Waals surface area contributed by atoms with E-state index in [1.807, 2.05) is 0 Å². The molecule has 3 nitrogen and oxygen atoms in total. The Bertz CT molecular complexity index is 170. The lowest BCUT2D eigenvalue weighted by Crippen LogP contribution is -2.43. The SMILES string of the molecule is O=NN1CCC[C@@H]2CCCC[C@@H]21. The molecule has 1 aliphatic heterocycles. The van der Waals surface area contributed by atoms with E-state index in [1.165, 1.54) is 32.1 Å². The molecule has 0 N–H and O–H groups in total. The number of piperidine rings is 1. The summed E-state index contributed by atoms with van der Waals surface area (Å²) >= 11 is 0. The molecule has 0 aromatic heterocycles. The zero-order valence-corrected chi connectivity index (χ0v) is 7.41. The van der Waals surface area contributed by atoms with Gasteiger partial charge in [-0.25, -0.2) is 0 Å². The fourth-order valence-corrected chi connectivity index (χ4v) is 2.70. The average Bonchev–Trinajstić information content (AvgIpc) is 2.17. The Hall–Kier alpha value is -0.600. The van der Waals surface area contributed by atoms with Crippen molar-refractivity contribution in [2.24, 2.45) is 11.2 Å². The molecule has 0 bridgehead atoms. The normalized spacial score (nSPS) is 35.8. The minimum absolute atomic E-state index is 0.491. The van der Waals surface area contributed by atoms with E-state index in [0.717, 1.165) is 18.9 Å². The topological polar surface area (TPSA) is 32.7 Å². The van der Waals surface area contributed by atoms with Crippen LogP contribution in [0.2, 0.25) is 0 Å². The molecule has 12 heavy (non-hydrogen) atoms. The summed E-state index contributed by atoms with van der Waals surface area (Å²) in [5.74, 6) is 0.769. The van der Waals surface area contributed by atoms with Crippen LogP contribution in [-0.2, 0) is 0 Å². The van der Waals surface area contributed by atoms with Crippen LogP contribution in [0.1, 0.15) is 38.5 Å². The summed E-state index contributed by atoms with van der Waals surface area (Å²) in [5, 5.41) is 4.90. The Labute approximate surface area is 73.1 Å². The predicted octanol–water partition coefficient (Wildman–Crippen LogP) is 2.32. The van der Waals surface area contributed by atoms with Crippen molar-refractivity contribution in [2.45, 2.75) is 44.6 Å². The van der Waals surface area contributed by atoms with Crippen LogP contribution in [0.4, 0.5) is 0 Å². The molecule has 2 rings (SSSR count). The second kappa shape index (κ2) is 3.42. The van der Waals surface area contributed by atoms with E-state index in [9.17, 15) is 4.91 Å². The number of nitroso groups, excluding NO2 is 1. The first kappa shape index (κ1) is 8.02. The molecule has 0 radical (unpaired) electrons. The smallest absolute Gasteiger partial charge is 0.0530 e. The van der Waals surface area contributed by atoms with E-state index in [0.29, 0.717) is 6.04 Å². The summed E-state index contributed by atoms with van der Waals surface area (Å²) in [6.07, 6.45) is 7.62. The summed E-state index contributed by atoms with van der Waals surface area (Å²) in [7, 11) is 0. The van der Waals surface area contributed by atoms with Crippen molar-refractivity contribution in [3.63, 3.8) is 0 Å². The van der Waals surface area contributed by atoms with Crippen LogP contribution >= 0.6 is 0 Å². The lowest BCUT2D eigenvalue weighted by Gasteiger charge is -2.40. The molecule has 0 aromatic carbocycles. The van der Waals surface area contributed by atoms with Gasteiger partial charge in [0.15, 0.2) is 0 Å². The molecule has 2 aliphatic rings. The van der Waals surface area contributed by atoms with Crippen LogP contribution in [0, 0.1) is 10.8 Å². The highest BCUT2D eigenvalue weighted by molar-refractivity contribution is 4.85. The highest BCUT2D eigenvalue weighted by Crippen LogP contribution is 2.35. The second-order valence-corrected chi connectivity index (χ2v) is 4.00. The van der Waals surface area contributed by atoms with Gasteiger partial charge >= 0.3 is 0 Å². The average molecular weight is 168 g/mol. The Morgan fingerprint density at radius 1 is 1.08 bits per heavy atom. The minimum atomic E-state index is 0.491. The first-order valence-corrected chi connectivity index (χ1v) is 5.02. The lowest BCUT2D eigenvalue weighted by molar-refractivity contribution is 0.0620. The van der Waals surface area contributed by atoms with Gasteiger partial charge in [0, 0.05) is 6.54 Å². The molecule has 1 aliphatic carbocycles. The number of hydrogen-bond acceptors (Lipinski definition) is 2. The maximum atomic E-state index is 10.5. The zero-order valence-electron chi connectivity index (χ0n) is 7.41. The third-order valence-electron chi connectivity index (χ3n) is 3.32. The summed E-state index contributed by atoms with van der Waals surface area (Å²) < 4.78 is 0. The van der Waals surface area contributed by atoms with Gasteiger partial charge < -0.3 is 0 Å². The van der Waals surface area contributed by atoms with Gasteiger partial charge in [0.1, 0.15) is 0 Å². The van der Waals surface area contributed by atoms with Crippen molar-refractivity contribution in [1.29, 1.82) is 0 Å². The molecule has 2 atom stereocenters. The van der Waals surface area contributed by atoms with Gasteiger partial charge in [0.25, 0.3) is 0 Å². The Morgan fingerprint density at radius 2 is 1.83 bits per heavy atom. The fraction of sp³-hybridized carbons (Fsp3) is 1.00. The molecule has 68 valence electrons. The maximum absolute atomic E-state index is 10.5. The summed E-state index contributed by atoms with van der Waals surface area (Å²) in [5.41, 5.74) is 0. The molecule has 0 spiro atoms. The number of fused-ring (bicyclic) bond motifs is 1. The van der Waals surface area contributed by atoms with E-state index >= 15 is 0 Å². The molecular weight excluding hydrogens is 152 g/mol. The molecular formula is C9H16N2O. The predicted molar refractivity (Wildman–Crippen MR) is 47.5 cm³/mol. The minimum Gasteiger partial charge on any atom is -0.258 e. The molecule has 3 heteroatoms. The van der Waals surface area contributed by atoms with Crippen LogP contribution in [0.15, 0.2) is 5.29 Å². The Morgan fingerprint density at radius 3 is 2.67 bits per heavy atom. The van der Waals surface area contributed by atoms with E-state index < -0.39 is 0 Å². The van der Waals surface area contributed by atoms with E-state index in [4.69, 9.17) is 0 Å². The lowest BCUT2D eigenvalue weighted by atomic mass is 9.79. The van der Waals surface area contributed by atoms with Crippen molar-refractivity contribution >= 4 is 0 Å². The zero-order chi connectivity index (χ0) is 8.39. The third kappa shape index (κ3) is 1.32. The third-order valence-corrected chi connectivity index (χ3v) is 3.32. The van der Waals surface area contributed by atoms with E-state index in [2.05, 4.69) is 5.29 Å². The van der Waals surface area contributed by atoms with E-state index in [-0.39, 0.29) is 0 Å². The number of nitrogens with zero attached hydrogens (tertiary/aromatic N) is 2. The van der Waals surface area contributed by atoms with Crippen molar-refractivity contribution < 1.29 is 0 Å². The molecule has 0 unspecified atom stereocenters. The Balaban J connectivity index is 2.03. The first-order chi connectivity index (χ1) is 5.92. The van der Waals surface area contributed by atoms with Crippen LogP contribution < -0.4 is 0 Å². The summed E-state index contributed by atoms with van der Waals surface area (Å²) in [6, 6.07) is 0.491. The van der Waals surface area contributed by atoms with Gasteiger partial charge in [0.05, 0.1) is 11.3 Å². The molecule has 1 saturated heterocycles. The van der Waals surface area contributed by atoms with Crippen molar-refractivity contribution in [1.82, 2.24) is 5.01 Å². The van der Waals surface area contributed by atoms with Crippen LogP contribution in [0.5, 0.6) is 0 Å². The molecule has 0 amide bonds. The van der Waals surface area contributed by atoms with Gasteiger partial charge in [-0.1, -0.05) is 12.8 Å². The molecule has 0 aromatic rings. The second-order valence-electron chi connectivity index (χ2n) is 4.00. The largest absolute Gasteiger partial charge is 0.258 e. The van der Waals surface area contributed by atoms with Crippen molar-refractivity contribution in [3.05, 3.63) is 4.91 Å². The van der Waals surface area contributed by atoms with Gasteiger partial charge in [-0.05, 0) is 31.6 Å². The number of hydrogen-bond donors (Lipinski definition) is 0. The highest BCUT2D eigenvalue weighted by atomic mass is 16.3. The molecule has 1 saturated carbocycles. The van der Waals surface area contributed by atoms with Crippen molar-refractivity contribution in [2.75, 3.05) is 6.54 Å². The maximum Gasteiger partial charge on any atom is 0.0530 e. The summed E-state index contributed by atoms with van der Waals surface area (Å²) in [6.45, 7) is 0.894. The van der Waals surface area contributed by atoms with Gasteiger partial charge in [0.2, 0.25) is 0 Å². The van der Waals surface area contributed by atoms with Gasteiger partial charge in [-0.15, -0.1) is 4.91 Å². The van der Waals surface area contributed by atoms with Crippen LogP contribution in [0.25, 0.3) is 0 Å². The van der Waals surface area contributed by atoms with E-state index in [1.54, 1.807) is 5.01 Å².